The minimum Gasteiger partial charge on any atom is -0.385 e. The third-order valence-corrected chi connectivity index (χ3v) is 6.55. The number of ether oxygens (including phenoxy) is 1. The van der Waals surface area contributed by atoms with Gasteiger partial charge in [-0.3, -0.25) is 4.90 Å². The second-order valence-electron chi connectivity index (χ2n) is 8.00. The molecule has 1 aromatic heterocycles. The van der Waals surface area contributed by atoms with Crippen molar-refractivity contribution in [3.8, 4) is 0 Å². The van der Waals surface area contributed by atoms with Crippen molar-refractivity contribution in [3.63, 3.8) is 0 Å². The first-order chi connectivity index (χ1) is 13.2. The number of piperidine rings is 1. The number of methoxy groups -OCH3 is 1. The van der Waals surface area contributed by atoms with E-state index in [1.54, 1.807) is 7.11 Å². The molecule has 0 radical (unpaired) electrons. The summed E-state index contributed by atoms with van der Waals surface area (Å²) in [6, 6.07) is 10.7. The first-order valence-corrected chi connectivity index (χ1v) is 10.2. The molecule has 2 heterocycles. The predicted molar refractivity (Wildman–Crippen MR) is 105 cm³/mol. The summed E-state index contributed by atoms with van der Waals surface area (Å²) in [7, 11) is 1.73. The number of benzene rings is 1. The van der Waals surface area contributed by atoms with Gasteiger partial charge in [-0.1, -0.05) is 43.2 Å². The Labute approximate surface area is 162 Å². The van der Waals surface area contributed by atoms with E-state index in [2.05, 4.69) is 26.6 Å². The summed E-state index contributed by atoms with van der Waals surface area (Å²) >= 11 is 0. The lowest BCUT2D eigenvalue weighted by Gasteiger charge is -2.52. The lowest BCUT2D eigenvalue weighted by Crippen LogP contribution is -2.57. The van der Waals surface area contributed by atoms with E-state index in [1.807, 2.05) is 30.6 Å². The van der Waals surface area contributed by atoms with Crippen LogP contribution >= 0.6 is 0 Å². The highest BCUT2D eigenvalue weighted by atomic mass is 16.5. The Morgan fingerprint density at radius 2 is 2.04 bits per heavy atom. The van der Waals surface area contributed by atoms with E-state index in [0.717, 1.165) is 43.9 Å². The molecule has 1 saturated heterocycles. The SMILES string of the molecule is COCCn1ccnc1CN1CC[C@](O)(c2ccccc2)[C@@H]2CCCC[C@H]21. The van der Waals surface area contributed by atoms with Crippen molar-refractivity contribution in [2.24, 2.45) is 5.92 Å². The average molecular weight is 370 g/mol. The van der Waals surface area contributed by atoms with Crippen LogP contribution in [0.15, 0.2) is 42.7 Å². The number of hydrogen-bond donors (Lipinski definition) is 1. The Kier molecular flexibility index (Phi) is 5.62. The number of nitrogens with zero attached hydrogens (tertiary/aromatic N) is 3. The van der Waals surface area contributed by atoms with E-state index >= 15 is 0 Å². The molecule has 1 saturated carbocycles. The number of aliphatic hydroxyl groups is 1. The lowest BCUT2D eigenvalue weighted by molar-refractivity contribution is -0.123. The zero-order valence-corrected chi connectivity index (χ0v) is 16.3. The number of aromatic nitrogens is 2. The molecule has 0 spiro atoms. The monoisotopic (exact) mass is 369 g/mol. The largest absolute Gasteiger partial charge is 0.385 e. The second-order valence-corrected chi connectivity index (χ2v) is 8.00. The van der Waals surface area contributed by atoms with Gasteiger partial charge in [-0.2, -0.15) is 0 Å². The van der Waals surface area contributed by atoms with Gasteiger partial charge in [0.05, 0.1) is 18.8 Å². The van der Waals surface area contributed by atoms with Gasteiger partial charge in [0.1, 0.15) is 5.82 Å². The molecule has 1 aliphatic heterocycles. The third kappa shape index (κ3) is 3.68. The molecular formula is C22H31N3O2. The van der Waals surface area contributed by atoms with Crippen LogP contribution in [0.1, 0.15) is 43.5 Å². The number of likely N-dealkylation sites (tertiary alicyclic amines) is 1. The standard InChI is InChI=1S/C22H31N3O2/c1-27-16-15-24-14-12-23-21(24)17-25-13-11-22(26,18-7-3-2-4-8-18)19-9-5-6-10-20(19)25/h2-4,7-8,12,14,19-20,26H,5-6,9-11,13,15-17H2,1H3/t19-,20-,22+/m1/s1. The van der Waals surface area contributed by atoms with Gasteiger partial charge in [0, 0.05) is 44.6 Å². The molecule has 5 nitrogen and oxygen atoms in total. The van der Waals surface area contributed by atoms with Gasteiger partial charge in [0.2, 0.25) is 0 Å². The molecular weight excluding hydrogens is 338 g/mol. The molecule has 2 fully saturated rings. The summed E-state index contributed by atoms with van der Waals surface area (Å²) in [6.07, 6.45) is 9.44. The van der Waals surface area contributed by atoms with Crippen molar-refractivity contribution in [1.29, 1.82) is 0 Å². The van der Waals surface area contributed by atoms with Gasteiger partial charge in [0.15, 0.2) is 0 Å². The Bertz CT molecular complexity index is 732. The van der Waals surface area contributed by atoms with Gasteiger partial charge in [0.25, 0.3) is 0 Å². The molecule has 146 valence electrons. The van der Waals surface area contributed by atoms with Crippen molar-refractivity contribution in [2.75, 3.05) is 20.3 Å². The molecule has 2 aromatic rings. The minimum atomic E-state index is -0.700. The molecule has 2 aliphatic rings. The van der Waals surface area contributed by atoms with Crippen LogP contribution in [0, 0.1) is 5.92 Å². The Hall–Kier alpha value is -1.69. The zero-order valence-electron chi connectivity index (χ0n) is 16.3. The zero-order chi connectivity index (χ0) is 18.7. The van der Waals surface area contributed by atoms with Gasteiger partial charge < -0.3 is 14.4 Å². The molecule has 3 atom stereocenters. The number of hydrogen-bond acceptors (Lipinski definition) is 4. The summed E-state index contributed by atoms with van der Waals surface area (Å²) in [4.78, 5) is 7.16. The maximum atomic E-state index is 11.7. The Balaban J connectivity index is 1.55. The van der Waals surface area contributed by atoms with Gasteiger partial charge in [-0.05, 0) is 24.8 Å². The van der Waals surface area contributed by atoms with Gasteiger partial charge in [-0.25, -0.2) is 4.98 Å². The van der Waals surface area contributed by atoms with E-state index in [1.165, 1.54) is 19.3 Å². The first kappa shape index (κ1) is 18.7. The van der Waals surface area contributed by atoms with Crippen LogP contribution in [-0.4, -0.2) is 45.9 Å². The summed E-state index contributed by atoms with van der Waals surface area (Å²) in [6.45, 7) is 3.29. The topological polar surface area (TPSA) is 50.5 Å². The Morgan fingerprint density at radius 1 is 1.22 bits per heavy atom. The summed E-state index contributed by atoms with van der Waals surface area (Å²) < 4.78 is 7.42. The van der Waals surface area contributed by atoms with Crippen molar-refractivity contribution in [2.45, 2.75) is 56.8 Å². The molecule has 0 unspecified atom stereocenters. The van der Waals surface area contributed by atoms with Gasteiger partial charge >= 0.3 is 0 Å². The first-order valence-electron chi connectivity index (χ1n) is 10.2. The lowest BCUT2D eigenvalue weighted by atomic mass is 9.66. The molecule has 1 aromatic carbocycles. The van der Waals surface area contributed by atoms with Crippen molar-refractivity contribution >= 4 is 0 Å². The molecule has 0 amide bonds. The molecule has 0 bridgehead atoms. The Morgan fingerprint density at radius 3 is 2.85 bits per heavy atom. The maximum absolute atomic E-state index is 11.7. The molecule has 1 aliphatic carbocycles. The summed E-state index contributed by atoms with van der Waals surface area (Å²) in [5.74, 6) is 1.39. The number of rotatable bonds is 6. The molecule has 5 heteroatoms. The third-order valence-electron chi connectivity index (χ3n) is 6.55. The van der Waals surface area contributed by atoms with Crippen LogP contribution in [0.3, 0.4) is 0 Å². The number of fused-ring (bicyclic) bond motifs is 1. The summed E-state index contributed by atoms with van der Waals surface area (Å²) in [5, 5.41) is 11.7. The highest BCUT2D eigenvalue weighted by Gasteiger charge is 2.49. The van der Waals surface area contributed by atoms with Crippen molar-refractivity contribution in [3.05, 3.63) is 54.1 Å². The average Bonchev–Trinajstić information content (AvgIpc) is 3.16. The summed E-state index contributed by atoms with van der Waals surface area (Å²) in [5.41, 5.74) is 0.386. The van der Waals surface area contributed by atoms with E-state index in [4.69, 9.17) is 4.74 Å². The smallest absolute Gasteiger partial charge is 0.122 e. The van der Waals surface area contributed by atoms with Crippen LogP contribution in [0.2, 0.25) is 0 Å². The van der Waals surface area contributed by atoms with E-state index in [-0.39, 0.29) is 0 Å². The van der Waals surface area contributed by atoms with Crippen LogP contribution < -0.4 is 0 Å². The minimum absolute atomic E-state index is 0.296. The second kappa shape index (κ2) is 8.13. The molecule has 27 heavy (non-hydrogen) atoms. The van der Waals surface area contributed by atoms with E-state index < -0.39 is 5.60 Å². The van der Waals surface area contributed by atoms with Gasteiger partial charge in [-0.15, -0.1) is 0 Å². The van der Waals surface area contributed by atoms with Crippen LogP contribution in [0.4, 0.5) is 0 Å². The maximum Gasteiger partial charge on any atom is 0.122 e. The predicted octanol–water partition coefficient (Wildman–Crippen LogP) is 3.18. The van der Waals surface area contributed by atoms with E-state index in [9.17, 15) is 5.11 Å². The number of imidazole rings is 1. The fourth-order valence-corrected chi connectivity index (χ4v) is 5.12. The fourth-order valence-electron chi connectivity index (χ4n) is 5.12. The highest BCUT2D eigenvalue weighted by molar-refractivity contribution is 5.25. The molecule has 4 rings (SSSR count). The highest BCUT2D eigenvalue weighted by Crippen LogP contribution is 2.47. The van der Waals surface area contributed by atoms with Crippen LogP contribution in [0.5, 0.6) is 0 Å². The quantitative estimate of drug-likeness (QED) is 0.850. The van der Waals surface area contributed by atoms with Crippen molar-refractivity contribution < 1.29 is 9.84 Å². The van der Waals surface area contributed by atoms with Crippen LogP contribution in [0.25, 0.3) is 0 Å². The fraction of sp³-hybridized carbons (Fsp3) is 0.591. The van der Waals surface area contributed by atoms with Crippen LogP contribution in [-0.2, 0) is 23.4 Å². The normalized spacial score (nSPS) is 28.8. The van der Waals surface area contributed by atoms with Crippen molar-refractivity contribution in [1.82, 2.24) is 14.5 Å². The molecule has 1 N–H and O–H groups in total. The van der Waals surface area contributed by atoms with E-state index in [0.29, 0.717) is 18.6 Å².